The van der Waals surface area contributed by atoms with Crippen LogP contribution >= 0.6 is 0 Å². The molecule has 0 aliphatic rings. The van der Waals surface area contributed by atoms with Gasteiger partial charge in [-0.15, -0.1) is 0 Å². The van der Waals surface area contributed by atoms with Gasteiger partial charge in [-0.1, -0.05) is 0 Å². The first-order valence-electron chi connectivity index (χ1n) is 3.20. The zero-order valence-electron chi connectivity index (χ0n) is 6.88. The zero-order valence-corrected chi connectivity index (χ0v) is 6.88. The lowest BCUT2D eigenvalue weighted by atomic mass is 10.3. The molecule has 0 spiro atoms. The molecule has 0 aliphatic carbocycles. The Morgan fingerprint density at radius 3 is 2.30 bits per heavy atom. The molecular weight excluding hydrogens is 132 g/mol. The van der Waals surface area contributed by atoms with Crippen molar-refractivity contribution in [2.24, 2.45) is 0 Å². The van der Waals surface area contributed by atoms with Crippen LogP contribution in [0, 0.1) is 0 Å². The molecule has 0 radical (unpaired) electrons. The summed E-state index contributed by atoms with van der Waals surface area (Å²) in [5.41, 5.74) is 0. The molecule has 3 heteroatoms. The second kappa shape index (κ2) is 3.68. The summed E-state index contributed by atoms with van der Waals surface area (Å²) >= 11 is 0. The van der Waals surface area contributed by atoms with Crippen molar-refractivity contribution in [1.29, 1.82) is 0 Å². The van der Waals surface area contributed by atoms with E-state index in [1.165, 1.54) is 7.11 Å². The van der Waals surface area contributed by atoms with Crippen LogP contribution in [0.2, 0.25) is 0 Å². The van der Waals surface area contributed by atoms with Crippen LogP contribution < -0.4 is 0 Å². The van der Waals surface area contributed by atoms with Crippen LogP contribution in [0.3, 0.4) is 0 Å². The van der Waals surface area contributed by atoms with Gasteiger partial charge in [-0.2, -0.15) is 0 Å². The normalized spacial score (nSPS) is 14.8. The van der Waals surface area contributed by atoms with E-state index in [9.17, 15) is 4.79 Å². The highest BCUT2D eigenvalue weighted by Crippen LogP contribution is 2.10. The van der Waals surface area contributed by atoms with E-state index in [-0.39, 0.29) is 0 Å². The summed E-state index contributed by atoms with van der Waals surface area (Å²) in [5, 5.41) is 0. The molecule has 0 saturated carbocycles. The highest BCUT2D eigenvalue weighted by Gasteiger charge is 2.19. The zero-order chi connectivity index (χ0) is 8.20. The topological polar surface area (TPSA) is 35.5 Å². The van der Waals surface area contributed by atoms with Crippen molar-refractivity contribution in [3.63, 3.8) is 0 Å². The van der Waals surface area contributed by atoms with Crippen molar-refractivity contribution in [2.45, 2.75) is 32.7 Å². The van der Waals surface area contributed by atoms with Gasteiger partial charge in [0.1, 0.15) is 12.4 Å². The van der Waals surface area contributed by atoms with Gasteiger partial charge in [0.25, 0.3) is 0 Å². The Bertz CT molecular complexity index is 109. The molecular formula is C7H14O3. The van der Waals surface area contributed by atoms with Crippen molar-refractivity contribution in [2.75, 3.05) is 7.11 Å². The number of carbonyl (C=O) groups is 1. The van der Waals surface area contributed by atoms with Gasteiger partial charge < -0.3 is 14.3 Å². The lowest BCUT2D eigenvalue weighted by Gasteiger charge is -2.24. The van der Waals surface area contributed by atoms with E-state index in [0.717, 1.165) is 6.29 Å². The second-order valence-corrected chi connectivity index (χ2v) is 2.56. The predicted molar refractivity (Wildman–Crippen MR) is 37.7 cm³/mol. The predicted octanol–water partition coefficient (Wildman–Crippen LogP) is 0.973. The van der Waals surface area contributed by atoms with Gasteiger partial charge >= 0.3 is 0 Å². The second-order valence-electron chi connectivity index (χ2n) is 2.56. The summed E-state index contributed by atoms with van der Waals surface area (Å²) in [5.74, 6) is -0.666. The fraction of sp³-hybridized carbons (Fsp3) is 0.857. The summed E-state index contributed by atoms with van der Waals surface area (Å²) in [6.45, 7) is 5.19. The van der Waals surface area contributed by atoms with E-state index in [1.54, 1.807) is 20.8 Å². The van der Waals surface area contributed by atoms with Gasteiger partial charge in [-0.05, 0) is 20.8 Å². The van der Waals surface area contributed by atoms with Crippen LogP contribution in [0.5, 0.6) is 0 Å². The summed E-state index contributed by atoms with van der Waals surface area (Å²) in [6, 6.07) is 0. The van der Waals surface area contributed by atoms with Crippen molar-refractivity contribution in [3.05, 3.63) is 0 Å². The molecule has 0 saturated heterocycles. The minimum Gasteiger partial charge on any atom is -0.354 e. The Labute approximate surface area is 61.3 Å². The minimum atomic E-state index is -0.666. The van der Waals surface area contributed by atoms with Gasteiger partial charge in [-0.25, -0.2) is 0 Å². The molecule has 10 heavy (non-hydrogen) atoms. The monoisotopic (exact) mass is 146 g/mol. The highest BCUT2D eigenvalue weighted by molar-refractivity contribution is 5.55. The van der Waals surface area contributed by atoms with Gasteiger partial charge in [0, 0.05) is 7.11 Å². The van der Waals surface area contributed by atoms with Gasteiger partial charge in [0.2, 0.25) is 0 Å². The van der Waals surface area contributed by atoms with Crippen LogP contribution in [-0.2, 0) is 14.3 Å². The van der Waals surface area contributed by atoms with Gasteiger partial charge in [0.05, 0.1) is 0 Å². The maximum atomic E-state index is 10.1. The van der Waals surface area contributed by atoms with Crippen LogP contribution in [0.1, 0.15) is 20.8 Å². The number of rotatable bonds is 4. The molecule has 3 nitrogen and oxygen atoms in total. The van der Waals surface area contributed by atoms with E-state index in [2.05, 4.69) is 0 Å². The first-order chi connectivity index (χ1) is 4.52. The quantitative estimate of drug-likeness (QED) is 0.438. The first-order valence-corrected chi connectivity index (χ1v) is 3.20. The van der Waals surface area contributed by atoms with Gasteiger partial charge in [0.15, 0.2) is 5.79 Å². The van der Waals surface area contributed by atoms with Crippen molar-refractivity contribution < 1.29 is 14.3 Å². The highest BCUT2D eigenvalue weighted by atomic mass is 16.7. The summed E-state index contributed by atoms with van der Waals surface area (Å²) in [4.78, 5) is 10.1. The third-order valence-electron chi connectivity index (χ3n) is 1.15. The Morgan fingerprint density at radius 2 is 2.00 bits per heavy atom. The fourth-order valence-electron chi connectivity index (χ4n) is 0.524. The number of carbonyl (C=O) groups excluding carboxylic acids is 1. The Balaban J connectivity index is 3.75. The van der Waals surface area contributed by atoms with E-state index in [4.69, 9.17) is 9.47 Å². The third-order valence-corrected chi connectivity index (χ3v) is 1.15. The number of aldehydes is 1. The molecule has 0 N–H and O–H groups in total. The number of hydrogen-bond donors (Lipinski definition) is 0. The molecule has 0 aromatic rings. The molecule has 0 unspecified atom stereocenters. The molecule has 0 aromatic heterocycles. The number of methoxy groups -OCH3 is 1. The van der Waals surface area contributed by atoms with Crippen molar-refractivity contribution in [1.82, 2.24) is 0 Å². The average Bonchev–Trinajstić information content (AvgIpc) is 1.87. The maximum absolute atomic E-state index is 10.1. The molecule has 60 valence electrons. The largest absolute Gasteiger partial charge is 0.354 e. The summed E-state index contributed by atoms with van der Waals surface area (Å²) in [6.07, 6.45) is 0.329. The number of ether oxygens (including phenoxy) is 2. The Kier molecular flexibility index (Phi) is 3.53. The van der Waals surface area contributed by atoms with E-state index < -0.39 is 11.9 Å². The Hall–Kier alpha value is -0.410. The van der Waals surface area contributed by atoms with Crippen molar-refractivity contribution >= 4 is 6.29 Å². The first kappa shape index (κ1) is 9.59. The minimum absolute atomic E-state index is 0.407. The standard InChI is InChI=1S/C7H14O3/c1-6(5-8)10-7(2,3)9-4/h5-6H,1-4H3/t6-/m0/s1. The molecule has 0 aliphatic heterocycles. The molecule has 0 bridgehead atoms. The van der Waals surface area contributed by atoms with Crippen LogP contribution in [-0.4, -0.2) is 25.3 Å². The number of hydrogen-bond acceptors (Lipinski definition) is 3. The van der Waals surface area contributed by atoms with Crippen molar-refractivity contribution in [3.8, 4) is 0 Å². The molecule has 1 atom stereocenters. The fourth-order valence-corrected chi connectivity index (χ4v) is 0.524. The lowest BCUT2D eigenvalue weighted by molar-refractivity contribution is -0.214. The summed E-state index contributed by atoms with van der Waals surface area (Å²) < 4.78 is 10.1. The smallest absolute Gasteiger partial charge is 0.163 e. The van der Waals surface area contributed by atoms with E-state index >= 15 is 0 Å². The van der Waals surface area contributed by atoms with E-state index in [0.29, 0.717) is 0 Å². The molecule has 0 heterocycles. The van der Waals surface area contributed by atoms with Gasteiger partial charge in [-0.3, -0.25) is 0 Å². The molecule has 0 aromatic carbocycles. The molecule has 0 fully saturated rings. The van der Waals surface area contributed by atoms with Crippen LogP contribution in [0.15, 0.2) is 0 Å². The maximum Gasteiger partial charge on any atom is 0.163 e. The van der Waals surface area contributed by atoms with Crippen LogP contribution in [0.4, 0.5) is 0 Å². The third kappa shape index (κ3) is 3.58. The molecule has 0 rings (SSSR count). The molecule has 0 amide bonds. The average molecular weight is 146 g/mol. The Morgan fingerprint density at radius 1 is 1.50 bits per heavy atom. The lowest BCUT2D eigenvalue weighted by Crippen LogP contribution is -2.31. The van der Waals surface area contributed by atoms with E-state index in [1.807, 2.05) is 0 Å². The van der Waals surface area contributed by atoms with Crippen LogP contribution in [0.25, 0.3) is 0 Å². The summed E-state index contributed by atoms with van der Waals surface area (Å²) in [7, 11) is 1.54. The SMILES string of the molecule is COC(C)(C)O[C@@H](C)C=O.